The van der Waals surface area contributed by atoms with Crippen molar-refractivity contribution in [3.8, 4) is 5.75 Å². The summed E-state index contributed by atoms with van der Waals surface area (Å²) in [5, 5.41) is 9.32. The quantitative estimate of drug-likeness (QED) is 0.584. The van der Waals surface area contributed by atoms with Crippen molar-refractivity contribution in [2.75, 3.05) is 6.61 Å². The first-order valence-electron chi connectivity index (χ1n) is 9.08. The molecule has 4 nitrogen and oxygen atoms in total. The van der Waals surface area contributed by atoms with Crippen LogP contribution in [-0.4, -0.2) is 17.7 Å². The maximum atomic E-state index is 11.4. The topological polar surface area (TPSA) is 55.8 Å². The van der Waals surface area contributed by atoms with Crippen LogP contribution in [-0.2, 0) is 29.0 Å². The number of fused-ring (bicyclic) bond motifs is 1. The van der Waals surface area contributed by atoms with Gasteiger partial charge in [0.05, 0.1) is 6.61 Å². The number of hydrogen-bond acceptors (Lipinski definition) is 3. The maximum absolute atomic E-state index is 11.4. The predicted octanol–water partition coefficient (Wildman–Crippen LogP) is 4.61. The van der Waals surface area contributed by atoms with Crippen LogP contribution in [0, 0.1) is 0 Å². The van der Waals surface area contributed by atoms with Gasteiger partial charge < -0.3 is 14.6 Å². The number of ether oxygens (including phenoxy) is 2. The van der Waals surface area contributed by atoms with E-state index in [9.17, 15) is 9.90 Å². The smallest absolute Gasteiger partial charge is 0.371 e. The molecule has 0 radical (unpaired) electrons. The Hall–Kier alpha value is -2.75. The van der Waals surface area contributed by atoms with Gasteiger partial charge in [0, 0.05) is 0 Å². The second-order valence-corrected chi connectivity index (χ2v) is 6.34. The number of carbonyl (C=O) groups is 1. The van der Waals surface area contributed by atoms with Crippen LogP contribution >= 0.6 is 0 Å². The van der Waals surface area contributed by atoms with Gasteiger partial charge in [0.15, 0.2) is 0 Å². The van der Waals surface area contributed by atoms with Gasteiger partial charge in [0.25, 0.3) is 0 Å². The summed E-state index contributed by atoms with van der Waals surface area (Å²) >= 11 is 0. The van der Waals surface area contributed by atoms with Crippen molar-refractivity contribution in [2.45, 2.75) is 39.2 Å². The summed E-state index contributed by atoms with van der Waals surface area (Å²) in [5.41, 5.74) is 4.42. The van der Waals surface area contributed by atoms with Gasteiger partial charge in [0.1, 0.15) is 12.4 Å². The molecule has 2 aromatic carbocycles. The van der Waals surface area contributed by atoms with Crippen molar-refractivity contribution >= 4 is 12.0 Å². The summed E-state index contributed by atoms with van der Waals surface area (Å²) in [6.07, 6.45) is 5.75. The summed E-state index contributed by atoms with van der Waals surface area (Å²) in [6.45, 7) is 2.65. The van der Waals surface area contributed by atoms with Crippen molar-refractivity contribution in [1.82, 2.24) is 0 Å². The highest BCUT2D eigenvalue weighted by Gasteiger charge is 2.19. The molecule has 4 heteroatoms. The lowest BCUT2D eigenvalue weighted by Crippen LogP contribution is -2.10. The molecular weight excluding hydrogens is 328 g/mol. The molecule has 0 saturated carbocycles. The standard InChI is InChI=1S/C22H24O4/c1-2-25-21(22(23)24)14-17-12-13-20(19-11-7-6-10-18(17)19)26-15-16-8-4-3-5-9-16/h3-5,8-9,12-14H,2,6-7,10-11,15H2,1H3,(H,23,24)/b21-14-. The van der Waals surface area contributed by atoms with E-state index in [0.29, 0.717) is 13.2 Å². The molecule has 0 saturated heterocycles. The summed E-state index contributed by atoms with van der Waals surface area (Å²) in [7, 11) is 0. The molecule has 26 heavy (non-hydrogen) atoms. The van der Waals surface area contributed by atoms with E-state index in [1.165, 1.54) is 11.1 Å². The van der Waals surface area contributed by atoms with E-state index in [1.54, 1.807) is 13.0 Å². The van der Waals surface area contributed by atoms with E-state index in [4.69, 9.17) is 9.47 Å². The van der Waals surface area contributed by atoms with Crippen LogP contribution in [0.4, 0.5) is 0 Å². The van der Waals surface area contributed by atoms with Gasteiger partial charge in [-0.3, -0.25) is 0 Å². The Morgan fingerprint density at radius 3 is 2.50 bits per heavy atom. The van der Waals surface area contributed by atoms with Crippen LogP contribution in [0.3, 0.4) is 0 Å². The SMILES string of the molecule is CCO/C(=C\c1ccc(OCc2ccccc2)c2c1CCCC2)C(=O)O. The zero-order valence-electron chi connectivity index (χ0n) is 15.0. The Morgan fingerprint density at radius 2 is 1.81 bits per heavy atom. The van der Waals surface area contributed by atoms with Gasteiger partial charge >= 0.3 is 5.97 Å². The Morgan fingerprint density at radius 1 is 1.08 bits per heavy atom. The highest BCUT2D eigenvalue weighted by molar-refractivity contribution is 5.90. The van der Waals surface area contributed by atoms with E-state index < -0.39 is 5.97 Å². The fraction of sp³-hybridized carbons (Fsp3) is 0.318. The molecule has 0 heterocycles. The second-order valence-electron chi connectivity index (χ2n) is 6.34. The summed E-state index contributed by atoms with van der Waals surface area (Å²) in [6, 6.07) is 14.0. The van der Waals surface area contributed by atoms with Gasteiger partial charge in [-0.2, -0.15) is 0 Å². The maximum Gasteiger partial charge on any atom is 0.371 e. The van der Waals surface area contributed by atoms with E-state index in [2.05, 4.69) is 0 Å². The van der Waals surface area contributed by atoms with Crippen molar-refractivity contribution in [3.05, 3.63) is 70.5 Å². The Balaban J connectivity index is 1.89. The summed E-state index contributed by atoms with van der Waals surface area (Å²) in [5.74, 6) is -0.159. The molecular formula is C22H24O4. The van der Waals surface area contributed by atoms with Gasteiger partial charge in [-0.05, 0) is 67.0 Å². The Bertz CT molecular complexity index is 793. The molecule has 1 N–H and O–H groups in total. The summed E-state index contributed by atoms with van der Waals surface area (Å²) < 4.78 is 11.3. The van der Waals surface area contributed by atoms with Gasteiger partial charge in [0.2, 0.25) is 5.76 Å². The van der Waals surface area contributed by atoms with Crippen molar-refractivity contribution in [3.63, 3.8) is 0 Å². The van der Waals surface area contributed by atoms with Crippen molar-refractivity contribution in [2.24, 2.45) is 0 Å². The largest absolute Gasteiger partial charge is 0.489 e. The molecule has 0 bridgehead atoms. The third kappa shape index (κ3) is 4.26. The monoisotopic (exact) mass is 352 g/mol. The lowest BCUT2D eigenvalue weighted by Gasteiger charge is -2.22. The number of rotatable bonds is 7. The van der Waals surface area contributed by atoms with Gasteiger partial charge in [-0.1, -0.05) is 36.4 Å². The minimum atomic E-state index is -1.04. The molecule has 136 valence electrons. The van der Waals surface area contributed by atoms with Gasteiger partial charge in [-0.15, -0.1) is 0 Å². The molecule has 1 aliphatic carbocycles. The lowest BCUT2D eigenvalue weighted by molar-refractivity contribution is -0.136. The molecule has 0 spiro atoms. The first kappa shape index (κ1) is 18.1. The normalized spacial score (nSPS) is 13.8. The van der Waals surface area contributed by atoms with Crippen molar-refractivity contribution in [1.29, 1.82) is 0 Å². The third-order valence-corrected chi connectivity index (χ3v) is 4.56. The molecule has 0 aliphatic heterocycles. The van der Waals surface area contributed by atoms with Crippen LogP contribution < -0.4 is 4.74 Å². The van der Waals surface area contributed by atoms with Crippen LogP contribution in [0.15, 0.2) is 48.2 Å². The average molecular weight is 352 g/mol. The fourth-order valence-electron chi connectivity index (χ4n) is 3.33. The molecule has 0 unspecified atom stereocenters. The molecule has 0 amide bonds. The highest BCUT2D eigenvalue weighted by Crippen LogP contribution is 2.34. The van der Waals surface area contributed by atoms with E-state index >= 15 is 0 Å². The third-order valence-electron chi connectivity index (χ3n) is 4.56. The zero-order chi connectivity index (χ0) is 18.4. The minimum Gasteiger partial charge on any atom is -0.489 e. The molecule has 3 rings (SSSR count). The Kier molecular flexibility index (Phi) is 5.95. The van der Waals surface area contributed by atoms with Crippen LogP contribution in [0.5, 0.6) is 5.75 Å². The predicted molar refractivity (Wildman–Crippen MR) is 101 cm³/mol. The number of carboxylic acid groups (broad SMARTS) is 1. The molecule has 1 aliphatic rings. The first-order valence-corrected chi connectivity index (χ1v) is 9.08. The van der Waals surface area contributed by atoms with Crippen LogP contribution in [0.1, 0.15) is 42.0 Å². The molecule has 0 atom stereocenters. The highest BCUT2D eigenvalue weighted by atomic mass is 16.5. The second kappa shape index (κ2) is 8.56. The first-order chi connectivity index (χ1) is 12.7. The molecule has 0 fully saturated rings. The van der Waals surface area contributed by atoms with Crippen molar-refractivity contribution < 1.29 is 19.4 Å². The minimum absolute atomic E-state index is 0.0155. The lowest BCUT2D eigenvalue weighted by atomic mass is 9.87. The van der Waals surface area contributed by atoms with Gasteiger partial charge in [-0.25, -0.2) is 4.79 Å². The van der Waals surface area contributed by atoms with E-state index in [-0.39, 0.29) is 5.76 Å². The molecule has 0 aromatic heterocycles. The number of hydrogen-bond donors (Lipinski definition) is 1. The average Bonchev–Trinajstić information content (AvgIpc) is 2.67. The summed E-state index contributed by atoms with van der Waals surface area (Å²) in [4.78, 5) is 11.4. The molecule has 2 aromatic rings. The van der Waals surface area contributed by atoms with Crippen LogP contribution in [0.2, 0.25) is 0 Å². The number of carboxylic acids is 1. The van der Waals surface area contributed by atoms with Crippen LogP contribution in [0.25, 0.3) is 6.08 Å². The number of benzene rings is 2. The fourth-order valence-corrected chi connectivity index (χ4v) is 3.33. The van der Waals surface area contributed by atoms with E-state index in [0.717, 1.165) is 42.6 Å². The van der Waals surface area contributed by atoms with E-state index in [1.807, 2.05) is 42.5 Å². The number of aliphatic carboxylic acids is 1. The Labute approximate surface area is 154 Å². The zero-order valence-corrected chi connectivity index (χ0v) is 15.0.